The lowest BCUT2D eigenvalue weighted by atomic mass is 10.1. The van der Waals surface area contributed by atoms with Crippen LogP contribution in [0.4, 0.5) is 0 Å². The van der Waals surface area contributed by atoms with Gasteiger partial charge in [0.15, 0.2) is 0 Å². The molecule has 1 aromatic heterocycles. The third-order valence-corrected chi connectivity index (χ3v) is 3.00. The maximum absolute atomic E-state index is 11.8. The van der Waals surface area contributed by atoms with Gasteiger partial charge < -0.3 is 10.3 Å². The third-order valence-electron chi connectivity index (χ3n) is 3.00. The quantitative estimate of drug-likeness (QED) is 0.868. The first-order valence-electron chi connectivity index (χ1n) is 5.80. The molecule has 1 atom stereocenters. The average molecular weight is 231 g/mol. The molecule has 0 radical (unpaired) electrons. The van der Waals surface area contributed by atoms with E-state index in [1.165, 1.54) is 6.20 Å². The minimum Gasteiger partial charge on any atom is -0.326 e. The van der Waals surface area contributed by atoms with Crippen LogP contribution < -0.4 is 11.3 Å². The normalized spacial score (nSPS) is 13.2. The predicted octanol–water partition coefficient (Wildman–Crippen LogP) is 1.38. The van der Waals surface area contributed by atoms with E-state index in [0.29, 0.717) is 12.5 Å². The third kappa shape index (κ3) is 2.36. The molecular weight excluding hydrogens is 214 g/mol. The summed E-state index contributed by atoms with van der Waals surface area (Å²) in [5.41, 5.74) is 7.60. The summed E-state index contributed by atoms with van der Waals surface area (Å²) in [7, 11) is 0. The van der Waals surface area contributed by atoms with E-state index in [9.17, 15) is 4.79 Å². The topological polar surface area (TPSA) is 60.9 Å². The van der Waals surface area contributed by atoms with E-state index in [2.05, 4.69) is 18.8 Å². The van der Waals surface area contributed by atoms with Crippen LogP contribution in [0.15, 0.2) is 35.3 Å². The Labute approximate surface area is 100 Å². The van der Waals surface area contributed by atoms with E-state index in [0.717, 1.165) is 11.0 Å². The standard InChI is InChI=1S/C13H17N3O/c1-9(2)10(14)8-16-12-6-4-3-5-11(12)15-7-13(16)17/h3-7,9-10H,8,14H2,1-2H3. The monoisotopic (exact) mass is 231 g/mol. The van der Waals surface area contributed by atoms with Gasteiger partial charge in [0, 0.05) is 12.6 Å². The lowest BCUT2D eigenvalue weighted by Gasteiger charge is -2.18. The highest BCUT2D eigenvalue weighted by Gasteiger charge is 2.11. The summed E-state index contributed by atoms with van der Waals surface area (Å²) in [4.78, 5) is 16.0. The Kier molecular flexibility index (Phi) is 3.24. The molecule has 2 N–H and O–H groups in total. The van der Waals surface area contributed by atoms with Crippen LogP contribution in [0, 0.1) is 5.92 Å². The van der Waals surface area contributed by atoms with Crippen molar-refractivity contribution in [1.82, 2.24) is 9.55 Å². The zero-order valence-electron chi connectivity index (χ0n) is 10.1. The van der Waals surface area contributed by atoms with Crippen LogP contribution in [-0.4, -0.2) is 15.6 Å². The van der Waals surface area contributed by atoms with E-state index >= 15 is 0 Å². The Hall–Kier alpha value is -1.68. The smallest absolute Gasteiger partial charge is 0.269 e. The molecule has 0 saturated heterocycles. The van der Waals surface area contributed by atoms with Crippen molar-refractivity contribution >= 4 is 11.0 Å². The van der Waals surface area contributed by atoms with Crippen LogP contribution >= 0.6 is 0 Å². The molecule has 1 heterocycles. The summed E-state index contributed by atoms with van der Waals surface area (Å²) in [6.07, 6.45) is 1.36. The van der Waals surface area contributed by atoms with E-state index in [4.69, 9.17) is 5.73 Å². The maximum atomic E-state index is 11.8. The Morgan fingerprint density at radius 2 is 2.06 bits per heavy atom. The lowest BCUT2D eigenvalue weighted by molar-refractivity contribution is 0.433. The highest BCUT2D eigenvalue weighted by molar-refractivity contribution is 5.74. The number of benzene rings is 1. The summed E-state index contributed by atoms with van der Waals surface area (Å²) >= 11 is 0. The van der Waals surface area contributed by atoms with Gasteiger partial charge in [-0.1, -0.05) is 26.0 Å². The van der Waals surface area contributed by atoms with Crippen molar-refractivity contribution in [2.45, 2.75) is 26.4 Å². The molecule has 0 bridgehead atoms. The van der Waals surface area contributed by atoms with Crippen molar-refractivity contribution in [3.05, 3.63) is 40.8 Å². The number of nitrogens with zero attached hydrogens (tertiary/aromatic N) is 2. The summed E-state index contributed by atoms with van der Waals surface area (Å²) in [6, 6.07) is 7.58. The number of aromatic nitrogens is 2. The second-order valence-corrected chi connectivity index (χ2v) is 4.60. The summed E-state index contributed by atoms with van der Waals surface area (Å²) < 4.78 is 1.70. The Bertz CT molecular complexity index is 574. The van der Waals surface area contributed by atoms with Crippen molar-refractivity contribution < 1.29 is 0 Å². The van der Waals surface area contributed by atoms with E-state index in [1.54, 1.807) is 4.57 Å². The molecule has 4 nitrogen and oxygen atoms in total. The SMILES string of the molecule is CC(C)C(N)Cn1c(=O)cnc2ccccc21. The van der Waals surface area contributed by atoms with Gasteiger partial charge in [-0.05, 0) is 18.1 Å². The molecule has 1 aromatic carbocycles. The molecule has 90 valence electrons. The molecule has 0 amide bonds. The summed E-state index contributed by atoms with van der Waals surface area (Å²) in [5.74, 6) is 0.342. The molecule has 0 spiro atoms. The first kappa shape index (κ1) is 11.8. The Morgan fingerprint density at radius 1 is 1.35 bits per heavy atom. The molecule has 4 heteroatoms. The van der Waals surface area contributed by atoms with Crippen LogP contribution in [0.3, 0.4) is 0 Å². The van der Waals surface area contributed by atoms with Crippen LogP contribution in [0.25, 0.3) is 11.0 Å². The molecule has 0 fully saturated rings. The van der Waals surface area contributed by atoms with Gasteiger partial charge >= 0.3 is 0 Å². The van der Waals surface area contributed by atoms with E-state index in [1.807, 2.05) is 24.3 Å². The van der Waals surface area contributed by atoms with Crippen molar-refractivity contribution in [3.63, 3.8) is 0 Å². The zero-order valence-corrected chi connectivity index (χ0v) is 10.1. The van der Waals surface area contributed by atoms with Gasteiger partial charge in [0.2, 0.25) is 0 Å². The van der Waals surface area contributed by atoms with Crippen LogP contribution in [0.2, 0.25) is 0 Å². The van der Waals surface area contributed by atoms with E-state index in [-0.39, 0.29) is 11.6 Å². The molecule has 1 unspecified atom stereocenters. The highest BCUT2D eigenvalue weighted by Crippen LogP contribution is 2.10. The molecule has 0 saturated carbocycles. The first-order chi connectivity index (χ1) is 8.09. The predicted molar refractivity (Wildman–Crippen MR) is 68.8 cm³/mol. The van der Waals surface area contributed by atoms with Gasteiger partial charge in [-0.2, -0.15) is 0 Å². The average Bonchev–Trinajstić information content (AvgIpc) is 2.32. The Morgan fingerprint density at radius 3 is 2.76 bits per heavy atom. The van der Waals surface area contributed by atoms with Gasteiger partial charge in [0.05, 0.1) is 17.2 Å². The molecule has 17 heavy (non-hydrogen) atoms. The van der Waals surface area contributed by atoms with Crippen LogP contribution in [0.5, 0.6) is 0 Å². The van der Waals surface area contributed by atoms with Gasteiger partial charge in [0.25, 0.3) is 5.56 Å². The van der Waals surface area contributed by atoms with Crippen molar-refractivity contribution in [2.75, 3.05) is 0 Å². The number of hydrogen-bond donors (Lipinski definition) is 1. The molecule has 0 aliphatic rings. The number of nitrogens with two attached hydrogens (primary N) is 1. The van der Waals surface area contributed by atoms with Crippen molar-refractivity contribution in [3.8, 4) is 0 Å². The molecule has 2 aromatic rings. The van der Waals surface area contributed by atoms with Gasteiger partial charge in [0.1, 0.15) is 0 Å². The maximum Gasteiger partial charge on any atom is 0.269 e. The summed E-state index contributed by atoms with van der Waals surface area (Å²) in [5, 5.41) is 0. The van der Waals surface area contributed by atoms with Crippen molar-refractivity contribution in [2.24, 2.45) is 11.7 Å². The number of hydrogen-bond acceptors (Lipinski definition) is 3. The van der Waals surface area contributed by atoms with Crippen LogP contribution in [-0.2, 0) is 6.54 Å². The molecule has 2 rings (SSSR count). The Balaban J connectivity index is 2.52. The van der Waals surface area contributed by atoms with Gasteiger partial charge in [-0.3, -0.25) is 4.79 Å². The molecule has 0 aliphatic heterocycles. The fourth-order valence-corrected chi connectivity index (χ4v) is 1.72. The minimum absolute atomic E-state index is 0.0292. The lowest BCUT2D eigenvalue weighted by Crippen LogP contribution is -2.35. The van der Waals surface area contributed by atoms with Crippen molar-refractivity contribution in [1.29, 1.82) is 0 Å². The fourth-order valence-electron chi connectivity index (χ4n) is 1.72. The number of para-hydroxylation sites is 2. The minimum atomic E-state index is -0.0974. The largest absolute Gasteiger partial charge is 0.326 e. The van der Waals surface area contributed by atoms with Gasteiger partial charge in [-0.25, -0.2) is 4.98 Å². The zero-order chi connectivity index (χ0) is 12.4. The number of fused-ring (bicyclic) bond motifs is 1. The van der Waals surface area contributed by atoms with Crippen LogP contribution in [0.1, 0.15) is 13.8 Å². The molecule has 0 aliphatic carbocycles. The van der Waals surface area contributed by atoms with Gasteiger partial charge in [-0.15, -0.1) is 0 Å². The second kappa shape index (κ2) is 4.67. The first-order valence-corrected chi connectivity index (χ1v) is 5.80. The second-order valence-electron chi connectivity index (χ2n) is 4.60. The summed E-state index contributed by atoms with van der Waals surface area (Å²) in [6.45, 7) is 4.64. The number of rotatable bonds is 3. The van der Waals surface area contributed by atoms with E-state index < -0.39 is 0 Å². The highest BCUT2D eigenvalue weighted by atomic mass is 16.1. The molecular formula is C13H17N3O. The fraction of sp³-hybridized carbons (Fsp3) is 0.385.